The Morgan fingerprint density at radius 3 is 2.78 bits per heavy atom. The van der Waals surface area contributed by atoms with Crippen LogP contribution in [0.2, 0.25) is 0 Å². The maximum absolute atomic E-state index is 12.4. The van der Waals surface area contributed by atoms with Gasteiger partial charge < -0.3 is 15.2 Å². The van der Waals surface area contributed by atoms with E-state index in [0.29, 0.717) is 30.2 Å². The number of carbonyl (C=O) groups excluding carboxylic acids is 2. The highest BCUT2D eigenvalue weighted by atomic mass is 79.9. The summed E-state index contributed by atoms with van der Waals surface area (Å²) in [5.41, 5.74) is 1.09. The molecule has 0 aliphatic heterocycles. The third-order valence-electron chi connectivity index (χ3n) is 3.61. The molecule has 2 aromatic heterocycles. The molecule has 2 heterocycles. The first-order valence-corrected chi connectivity index (χ1v) is 8.10. The minimum Gasteiger partial charge on any atom is -0.351 e. The van der Waals surface area contributed by atoms with Crippen LogP contribution in [0.1, 0.15) is 29.4 Å². The van der Waals surface area contributed by atoms with Crippen LogP contribution in [0.5, 0.6) is 0 Å². The van der Waals surface area contributed by atoms with Crippen LogP contribution in [0.25, 0.3) is 11.0 Å². The zero-order valence-corrected chi connectivity index (χ0v) is 14.0. The Morgan fingerprint density at radius 2 is 2.09 bits per heavy atom. The molecular weight excluding hydrogens is 362 g/mol. The molecule has 2 aromatic rings. The summed E-state index contributed by atoms with van der Waals surface area (Å²) in [6, 6.07) is 0.462. The highest BCUT2D eigenvalue weighted by Crippen LogP contribution is 2.40. The van der Waals surface area contributed by atoms with Crippen LogP contribution in [-0.4, -0.2) is 39.4 Å². The van der Waals surface area contributed by atoms with Gasteiger partial charge in [-0.3, -0.25) is 9.59 Å². The summed E-state index contributed by atoms with van der Waals surface area (Å²) in [6.45, 7) is 4.00. The summed E-state index contributed by atoms with van der Waals surface area (Å²) in [7, 11) is 0. The van der Waals surface area contributed by atoms with E-state index in [1.807, 2.05) is 6.20 Å². The molecule has 0 atom stereocenters. The number of rotatable bonds is 6. The zero-order valence-electron chi connectivity index (χ0n) is 12.4. The van der Waals surface area contributed by atoms with Gasteiger partial charge in [-0.25, -0.2) is 9.97 Å². The lowest BCUT2D eigenvalue weighted by atomic mass is 10.2. The molecule has 120 valence electrons. The van der Waals surface area contributed by atoms with E-state index in [4.69, 9.17) is 0 Å². The largest absolute Gasteiger partial charge is 0.351 e. The van der Waals surface area contributed by atoms with Crippen molar-refractivity contribution in [3.63, 3.8) is 0 Å². The van der Waals surface area contributed by atoms with E-state index < -0.39 is 0 Å². The van der Waals surface area contributed by atoms with E-state index in [-0.39, 0.29) is 11.8 Å². The van der Waals surface area contributed by atoms with Gasteiger partial charge >= 0.3 is 0 Å². The van der Waals surface area contributed by atoms with E-state index in [2.05, 4.69) is 47.7 Å². The van der Waals surface area contributed by atoms with Gasteiger partial charge in [-0.15, -0.1) is 0 Å². The molecule has 2 amide bonds. The van der Waals surface area contributed by atoms with Crippen molar-refractivity contribution in [2.24, 2.45) is 0 Å². The Labute approximate surface area is 141 Å². The summed E-state index contributed by atoms with van der Waals surface area (Å²) in [4.78, 5) is 31.8. The lowest BCUT2D eigenvalue weighted by molar-refractivity contribution is -0.116. The number of nitrogens with one attached hydrogen (secondary N) is 2. The van der Waals surface area contributed by atoms with Crippen molar-refractivity contribution in [3.05, 3.63) is 35.3 Å². The smallest absolute Gasteiger partial charge is 0.270 e. The summed E-state index contributed by atoms with van der Waals surface area (Å²) in [5, 5.41) is 6.06. The molecular formula is C15H16BrN5O2. The fourth-order valence-corrected chi connectivity index (χ4v) is 2.95. The van der Waals surface area contributed by atoms with Gasteiger partial charge in [0.25, 0.3) is 5.91 Å². The molecule has 2 N–H and O–H groups in total. The predicted molar refractivity (Wildman–Crippen MR) is 89.0 cm³/mol. The average molecular weight is 378 g/mol. The van der Waals surface area contributed by atoms with E-state index in [0.717, 1.165) is 23.0 Å². The lowest BCUT2D eigenvalue weighted by Crippen LogP contribution is -2.34. The van der Waals surface area contributed by atoms with Crippen LogP contribution in [0.3, 0.4) is 0 Å². The topological polar surface area (TPSA) is 88.9 Å². The number of aromatic nitrogens is 3. The molecule has 0 unspecified atom stereocenters. The molecule has 7 nitrogen and oxygen atoms in total. The molecule has 0 bridgehead atoms. The lowest BCUT2D eigenvalue weighted by Gasteiger charge is -2.07. The fraction of sp³-hybridized carbons (Fsp3) is 0.333. The van der Waals surface area contributed by atoms with Crippen LogP contribution in [0.15, 0.2) is 29.7 Å². The van der Waals surface area contributed by atoms with Crippen molar-refractivity contribution in [1.82, 2.24) is 25.2 Å². The molecule has 1 fully saturated rings. The molecule has 1 saturated carbocycles. The quantitative estimate of drug-likeness (QED) is 0.590. The molecule has 1 aliphatic rings. The third kappa shape index (κ3) is 3.26. The van der Waals surface area contributed by atoms with Crippen molar-refractivity contribution in [3.8, 4) is 0 Å². The first kappa shape index (κ1) is 15.7. The highest BCUT2D eigenvalue weighted by Gasteiger charge is 2.28. The number of hydrogen-bond acceptors (Lipinski definition) is 4. The van der Waals surface area contributed by atoms with Crippen LogP contribution >= 0.6 is 15.9 Å². The van der Waals surface area contributed by atoms with E-state index in [1.165, 1.54) is 12.4 Å². The van der Waals surface area contributed by atoms with Gasteiger partial charge in [0.2, 0.25) is 5.91 Å². The Bertz CT molecular complexity index is 782. The number of hydrogen-bond donors (Lipinski definition) is 2. The first-order chi connectivity index (χ1) is 11.1. The molecule has 1 aliphatic carbocycles. The summed E-state index contributed by atoms with van der Waals surface area (Å²) >= 11 is 3.49. The number of fused-ring (bicyclic) bond motifs is 1. The summed E-state index contributed by atoms with van der Waals surface area (Å²) < 4.78 is 2.90. The Morgan fingerprint density at radius 1 is 1.35 bits per heavy atom. The van der Waals surface area contributed by atoms with Crippen molar-refractivity contribution in [1.29, 1.82) is 0 Å². The van der Waals surface area contributed by atoms with Crippen molar-refractivity contribution >= 4 is 38.8 Å². The van der Waals surface area contributed by atoms with Gasteiger partial charge in [0.15, 0.2) is 0 Å². The summed E-state index contributed by atoms with van der Waals surface area (Å²) in [5.74, 6) is -0.563. The van der Waals surface area contributed by atoms with Crippen molar-refractivity contribution in [2.45, 2.75) is 18.9 Å². The average Bonchev–Trinajstić information content (AvgIpc) is 3.35. The second-order valence-electron chi connectivity index (χ2n) is 5.29. The molecule has 23 heavy (non-hydrogen) atoms. The van der Waals surface area contributed by atoms with Crippen molar-refractivity contribution in [2.75, 3.05) is 13.1 Å². The van der Waals surface area contributed by atoms with Crippen molar-refractivity contribution < 1.29 is 9.59 Å². The zero-order chi connectivity index (χ0) is 16.4. The normalized spacial score (nSPS) is 13.8. The SMILES string of the molecule is C=CC(=O)NCCNC(=O)c1ncnc2c1c(Br)cn2C1CC1. The standard InChI is InChI=1S/C15H16BrN5O2/c1-2-11(22)17-5-6-18-15(23)13-12-10(16)7-21(9-3-4-9)14(12)20-8-19-13/h2,7-9H,1,3-6H2,(H,17,22)(H,18,23). The Balaban J connectivity index is 1.75. The van der Waals surface area contributed by atoms with Gasteiger partial charge in [0.1, 0.15) is 17.7 Å². The number of amides is 2. The Hall–Kier alpha value is -2.22. The highest BCUT2D eigenvalue weighted by molar-refractivity contribution is 9.10. The molecule has 3 rings (SSSR count). The molecule has 0 spiro atoms. The third-order valence-corrected chi connectivity index (χ3v) is 4.21. The number of carbonyl (C=O) groups is 2. The van der Waals surface area contributed by atoms with Gasteiger partial charge in [-0.1, -0.05) is 6.58 Å². The minimum absolute atomic E-state index is 0.270. The molecule has 8 heteroatoms. The summed E-state index contributed by atoms with van der Waals surface area (Å²) in [6.07, 6.45) is 6.81. The second kappa shape index (κ2) is 6.49. The predicted octanol–water partition coefficient (Wildman–Crippen LogP) is 1.56. The second-order valence-corrected chi connectivity index (χ2v) is 6.14. The van der Waals surface area contributed by atoms with Crippen LogP contribution in [0, 0.1) is 0 Å². The monoisotopic (exact) mass is 377 g/mol. The van der Waals surface area contributed by atoms with Gasteiger partial charge in [-0.05, 0) is 34.8 Å². The van der Waals surface area contributed by atoms with Gasteiger partial charge in [0.05, 0.1) is 5.39 Å². The van der Waals surface area contributed by atoms with Gasteiger partial charge in [0, 0.05) is 29.8 Å². The van der Waals surface area contributed by atoms with Crippen LogP contribution < -0.4 is 10.6 Å². The maximum Gasteiger partial charge on any atom is 0.270 e. The molecule has 0 saturated heterocycles. The first-order valence-electron chi connectivity index (χ1n) is 7.31. The van der Waals surface area contributed by atoms with E-state index in [9.17, 15) is 9.59 Å². The van der Waals surface area contributed by atoms with E-state index in [1.54, 1.807) is 0 Å². The Kier molecular flexibility index (Phi) is 4.42. The van der Waals surface area contributed by atoms with Crippen LogP contribution in [-0.2, 0) is 4.79 Å². The molecule has 0 aromatic carbocycles. The number of halogens is 1. The van der Waals surface area contributed by atoms with Crippen LogP contribution in [0.4, 0.5) is 0 Å². The fourth-order valence-electron chi connectivity index (χ4n) is 2.36. The maximum atomic E-state index is 12.4. The minimum atomic E-state index is -0.292. The van der Waals surface area contributed by atoms with E-state index >= 15 is 0 Å². The number of nitrogens with zero attached hydrogens (tertiary/aromatic N) is 3. The van der Waals surface area contributed by atoms with Gasteiger partial charge in [-0.2, -0.15) is 0 Å². The molecule has 0 radical (unpaired) electrons.